The van der Waals surface area contributed by atoms with Crippen molar-refractivity contribution in [2.75, 3.05) is 40.0 Å². The number of nitrogens with zero attached hydrogens (tertiary/aromatic N) is 3. The molecule has 2 aliphatic rings. The lowest BCUT2D eigenvalue weighted by Crippen LogP contribution is -2.49. The van der Waals surface area contributed by atoms with E-state index in [9.17, 15) is 22.8 Å². The lowest BCUT2D eigenvalue weighted by Gasteiger charge is -2.35. The molecule has 176 valence electrons. The molecule has 0 bridgehead atoms. The Labute approximate surface area is 189 Å². The molecule has 1 aliphatic heterocycles. The van der Waals surface area contributed by atoms with Crippen LogP contribution in [-0.2, 0) is 19.4 Å². The minimum Gasteiger partial charge on any atom is -0.493 e. The van der Waals surface area contributed by atoms with Crippen LogP contribution < -0.4 is 4.74 Å². The number of rotatable bonds is 8. The maximum absolute atomic E-state index is 13.0. The predicted octanol–water partition coefficient (Wildman–Crippen LogP) is 1.91. The summed E-state index contributed by atoms with van der Waals surface area (Å²) in [5.74, 6) is -0.136. The second kappa shape index (κ2) is 9.48. The van der Waals surface area contributed by atoms with Crippen molar-refractivity contribution in [3.8, 4) is 5.75 Å². The summed E-state index contributed by atoms with van der Waals surface area (Å²) < 4.78 is 28.9. The Morgan fingerprint density at radius 1 is 1.19 bits per heavy atom. The Morgan fingerprint density at radius 2 is 1.88 bits per heavy atom. The fraction of sp³-hybridized carbons (Fsp3) is 0.591. The smallest absolute Gasteiger partial charge is 0.327 e. The molecule has 9 nitrogen and oxygen atoms in total. The molecule has 0 radical (unpaired) electrons. The fourth-order valence-corrected chi connectivity index (χ4v) is 4.99. The summed E-state index contributed by atoms with van der Waals surface area (Å²) in [6, 6.07) is 5.84. The van der Waals surface area contributed by atoms with Gasteiger partial charge in [0.1, 0.15) is 17.8 Å². The number of benzene rings is 1. The SMILES string of the molecule is CN(CCCOc1cccc(S(C)(=O)=O)c1)C(=O)CN1C(=O)N(C)C2(CCCCC2)C1=O. The molecule has 0 N–H and O–H groups in total. The van der Waals surface area contributed by atoms with Crippen LogP contribution in [0.3, 0.4) is 0 Å². The number of hydrogen-bond donors (Lipinski definition) is 0. The average Bonchev–Trinajstić information content (AvgIpc) is 2.93. The second-order valence-corrected chi connectivity index (χ2v) is 10.6. The maximum atomic E-state index is 13.0. The zero-order chi connectivity index (χ0) is 23.5. The maximum Gasteiger partial charge on any atom is 0.327 e. The van der Waals surface area contributed by atoms with Crippen LogP contribution in [0.1, 0.15) is 38.5 Å². The Hall–Kier alpha value is -2.62. The molecule has 1 heterocycles. The quantitative estimate of drug-likeness (QED) is 0.429. The number of urea groups is 1. The van der Waals surface area contributed by atoms with E-state index in [4.69, 9.17) is 4.74 Å². The summed E-state index contributed by atoms with van der Waals surface area (Å²) in [7, 11) is -0.0402. The summed E-state index contributed by atoms with van der Waals surface area (Å²) in [6.07, 6.45) is 5.79. The molecule has 1 saturated heterocycles. The third kappa shape index (κ3) is 4.90. The molecule has 1 aromatic carbocycles. The van der Waals surface area contributed by atoms with Crippen LogP contribution in [-0.4, -0.2) is 86.5 Å². The Bertz CT molecular complexity index is 987. The number of likely N-dealkylation sites (N-methyl/N-ethyl adjacent to an activating group) is 2. The third-order valence-electron chi connectivity index (χ3n) is 6.34. The molecule has 10 heteroatoms. The van der Waals surface area contributed by atoms with Crippen molar-refractivity contribution in [2.24, 2.45) is 0 Å². The normalized spacial score (nSPS) is 18.3. The number of ether oxygens (including phenoxy) is 1. The van der Waals surface area contributed by atoms with Crippen molar-refractivity contribution in [3.05, 3.63) is 24.3 Å². The lowest BCUT2D eigenvalue weighted by atomic mass is 9.81. The highest BCUT2D eigenvalue weighted by atomic mass is 32.2. The Morgan fingerprint density at radius 3 is 2.53 bits per heavy atom. The topological polar surface area (TPSA) is 104 Å². The molecule has 0 atom stereocenters. The van der Waals surface area contributed by atoms with Gasteiger partial charge in [-0.1, -0.05) is 25.3 Å². The van der Waals surface area contributed by atoms with E-state index in [-0.39, 0.29) is 29.9 Å². The highest BCUT2D eigenvalue weighted by molar-refractivity contribution is 7.90. The van der Waals surface area contributed by atoms with Crippen LogP contribution in [0.4, 0.5) is 4.79 Å². The number of sulfone groups is 1. The third-order valence-corrected chi connectivity index (χ3v) is 7.45. The van der Waals surface area contributed by atoms with Crippen LogP contribution in [0, 0.1) is 0 Å². The number of imide groups is 1. The monoisotopic (exact) mass is 465 g/mol. The van der Waals surface area contributed by atoms with Gasteiger partial charge < -0.3 is 14.5 Å². The van der Waals surface area contributed by atoms with Crippen molar-refractivity contribution in [3.63, 3.8) is 0 Å². The lowest BCUT2D eigenvalue weighted by molar-refractivity contribution is -0.140. The van der Waals surface area contributed by atoms with Gasteiger partial charge in [0.05, 0.1) is 11.5 Å². The molecule has 2 fully saturated rings. The van der Waals surface area contributed by atoms with Gasteiger partial charge in [0.2, 0.25) is 5.91 Å². The van der Waals surface area contributed by atoms with E-state index >= 15 is 0 Å². The molecule has 1 aromatic rings. The van der Waals surface area contributed by atoms with Gasteiger partial charge in [-0.25, -0.2) is 13.2 Å². The number of hydrogen-bond acceptors (Lipinski definition) is 6. The largest absolute Gasteiger partial charge is 0.493 e. The standard InChI is InChI=1S/C22H31N3O6S/c1-23(13-8-14-31-17-9-7-10-18(15-17)32(3,29)30)19(26)16-25-20(27)22(24(2)21(25)28)11-5-4-6-12-22/h7,9-10,15H,4-6,8,11-14,16H2,1-3H3. The molecule has 3 rings (SSSR count). The summed E-state index contributed by atoms with van der Waals surface area (Å²) in [5, 5.41) is 0. The molecular formula is C22H31N3O6S. The molecule has 1 spiro atoms. The molecule has 4 amide bonds. The van der Waals surface area contributed by atoms with Crippen molar-refractivity contribution < 1.29 is 27.5 Å². The first kappa shape index (κ1) is 24.0. The van der Waals surface area contributed by atoms with Gasteiger partial charge in [0.25, 0.3) is 5.91 Å². The van der Waals surface area contributed by atoms with Gasteiger partial charge in [-0.3, -0.25) is 14.5 Å². The molecule has 1 aliphatic carbocycles. The van der Waals surface area contributed by atoms with E-state index in [0.29, 0.717) is 31.6 Å². The average molecular weight is 466 g/mol. The number of carbonyl (C=O) groups is 3. The van der Waals surface area contributed by atoms with E-state index in [1.165, 1.54) is 21.9 Å². The second-order valence-electron chi connectivity index (χ2n) is 8.59. The first-order chi connectivity index (χ1) is 15.1. The van der Waals surface area contributed by atoms with E-state index in [1.54, 1.807) is 26.2 Å². The Kier molecular flexibility index (Phi) is 7.12. The van der Waals surface area contributed by atoms with Crippen LogP contribution in [0.5, 0.6) is 5.75 Å². The predicted molar refractivity (Wildman–Crippen MR) is 118 cm³/mol. The summed E-state index contributed by atoms with van der Waals surface area (Å²) in [5.41, 5.74) is -0.789. The van der Waals surface area contributed by atoms with E-state index < -0.39 is 21.4 Å². The van der Waals surface area contributed by atoms with Gasteiger partial charge in [-0.2, -0.15) is 0 Å². The zero-order valence-corrected chi connectivity index (χ0v) is 19.7. The molecule has 32 heavy (non-hydrogen) atoms. The van der Waals surface area contributed by atoms with Gasteiger partial charge >= 0.3 is 6.03 Å². The molecular weight excluding hydrogens is 434 g/mol. The van der Waals surface area contributed by atoms with Gasteiger partial charge in [0.15, 0.2) is 9.84 Å². The number of carbonyl (C=O) groups excluding carboxylic acids is 3. The van der Waals surface area contributed by atoms with Crippen LogP contribution >= 0.6 is 0 Å². The van der Waals surface area contributed by atoms with Crippen molar-refractivity contribution in [1.82, 2.24) is 14.7 Å². The van der Waals surface area contributed by atoms with E-state index in [2.05, 4.69) is 0 Å². The number of amides is 4. The molecule has 1 saturated carbocycles. The van der Waals surface area contributed by atoms with E-state index in [1.807, 2.05) is 0 Å². The van der Waals surface area contributed by atoms with Crippen LogP contribution in [0.2, 0.25) is 0 Å². The van der Waals surface area contributed by atoms with Gasteiger partial charge in [-0.15, -0.1) is 0 Å². The molecule has 0 unspecified atom stereocenters. The molecule has 0 aromatic heterocycles. The highest BCUT2D eigenvalue weighted by Gasteiger charge is 2.55. The zero-order valence-electron chi connectivity index (χ0n) is 18.9. The van der Waals surface area contributed by atoms with Crippen molar-refractivity contribution >= 4 is 27.7 Å². The van der Waals surface area contributed by atoms with E-state index in [0.717, 1.165) is 30.4 Å². The summed E-state index contributed by atoms with van der Waals surface area (Å²) >= 11 is 0. The first-order valence-corrected chi connectivity index (χ1v) is 12.7. The van der Waals surface area contributed by atoms with Crippen LogP contribution in [0.25, 0.3) is 0 Å². The van der Waals surface area contributed by atoms with Crippen molar-refractivity contribution in [1.29, 1.82) is 0 Å². The van der Waals surface area contributed by atoms with Gasteiger partial charge in [-0.05, 0) is 37.5 Å². The summed E-state index contributed by atoms with van der Waals surface area (Å²) in [4.78, 5) is 42.6. The van der Waals surface area contributed by atoms with Crippen molar-refractivity contribution in [2.45, 2.75) is 49.0 Å². The first-order valence-electron chi connectivity index (χ1n) is 10.8. The highest BCUT2D eigenvalue weighted by Crippen LogP contribution is 2.39. The Balaban J connectivity index is 1.49. The minimum atomic E-state index is -3.31. The summed E-state index contributed by atoms with van der Waals surface area (Å²) in [6.45, 7) is 0.400. The van der Waals surface area contributed by atoms with Crippen LogP contribution in [0.15, 0.2) is 29.2 Å². The van der Waals surface area contributed by atoms with Gasteiger partial charge in [0, 0.05) is 26.9 Å². The fourth-order valence-electron chi connectivity index (χ4n) is 4.34. The minimum absolute atomic E-state index is 0.183.